The molecule has 2 amide bonds. The summed E-state index contributed by atoms with van der Waals surface area (Å²) in [5.41, 5.74) is 3.61. The Morgan fingerprint density at radius 2 is 1.81 bits per heavy atom. The summed E-state index contributed by atoms with van der Waals surface area (Å²) in [4.78, 5) is 24.2. The van der Waals surface area contributed by atoms with E-state index in [1.54, 1.807) is 57.5 Å². The van der Waals surface area contributed by atoms with E-state index in [1.807, 2.05) is 6.07 Å². The van der Waals surface area contributed by atoms with Gasteiger partial charge in [0.25, 0.3) is 11.8 Å². The standard InChI is InChI=1S/C19H20BrN3O4/c1-12(22-19(25)14-5-7-15(26-2)8-6-14)18(24)23-21-11-13-4-9-17(27-3)16(20)10-13/h4-12H,1-3H3,(H,22,25)(H,23,24). The van der Waals surface area contributed by atoms with Crippen LogP contribution in [0, 0.1) is 0 Å². The fourth-order valence-electron chi connectivity index (χ4n) is 2.12. The molecular formula is C19H20BrN3O4. The van der Waals surface area contributed by atoms with Crippen LogP contribution < -0.4 is 20.2 Å². The average Bonchev–Trinajstić information content (AvgIpc) is 2.68. The van der Waals surface area contributed by atoms with Gasteiger partial charge in [-0.05, 0) is 70.9 Å². The molecule has 0 heterocycles. The molecule has 0 saturated heterocycles. The van der Waals surface area contributed by atoms with Crippen LogP contribution in [0.4, 0.5) is 0 Å². The molecule has 2 aromatic rings. The molecule has 142 valence electrons. The number of halogens is 1. The van der Waals surface area contributed by atoms with Crippen molar-refractivity contribution in [3.63, 3.8) is 0 Å². The van der Waals surface area contributed by atoms with Crippen LogP contribution in [-0.2, 0) is 4.79 Å². The molecule has 0 fully saturated rings. The minimum Gasteiger partial charge on any atom is -0.497 e. The van der Waals surface area contributed by atoms with Crippen molar-refractivity contribution in [3.05, 3.63) is 58.1 Å². The van der Waals surface area contributed by atoms with Gasteiger partial charge in [-0.2, -0.15) is 5.10 Å². The van der Waals surface area contributed by atoms with E-state index >= 15 is 0 Å². The lowest BCUT2D eigenvalue weighted by molar-refractivity contribution is -0.122. The number of benzene rings is 2. The highest BCUT2D eigenvalue weighted by atomic mass is 79.9. The van der Waals surface area contributed by atoms with Gasteiger partial charge in [0.2, 0.25) is 0 Å². The van der Waals surface area contributed by atoms with Crippen molar-refractivity contribution in [1.29, 1.82) is 0 Å². The molecule has 27 heavy (non-hydrogen) atoms. The number of amides is 2. The van der Waals surface area contributed by atoms with Crippen LogP contribution in [0.1, 0.15) is 22.8 Å². The molecule has 0 radical (unpaired) electrons. The molecule has 7 nitrogen and oxygen atoms in total. The number of hydrazone groups is 1. The molecule has 0 bridgehead atoms. The van der Waals surface area contributed by atoms with Gasteiger partial charge >= 0.3 is 0 Å². The van der Waals surface area contributed by atoms with E-state index < -0.39 is 11.9 Å². The molecule has 2 aromatic carbocycles. The van der Waals surface area contributed by atoms with Gasteiger partial charge in [-0.1, -0.05) is 0 Å². The third-order valence-electron chi connectivity index (χ3n) is 3.66. The van der Waals surface area contributed by atoms with Crippen molar-refractivity contribution >= 4 is 34.0 Å². The Balaban J connectivity index is 1.89. The van der Waals surface area contributed by atoms with Gasteiger partial charge in [0.1, 0.15) is 17.5 Å². The zero-order valence-corrected chi connectivity index (χ0v) is 16.7. The molecule has 1 unspecified atom stereocenters. The molecule has 0 aliphatic carbocycles. The maximum Gasteiger partial charge on any atom is 0.262 e. The first-order valence-corrected chi connectivity index (χ1v) is 8.85. The third kappa shape index (κ3) is 5.82. The summed E-state index contributed by atoms with van der Waals surface area (Å²) < 4.78 is 11.0. The van der Waals surface area contributed by atoms with Gasteiger partial charge in [-0.25, -0.2) is 5.43 Å². The zero-order chi connectivity index (χ0) is 19.8. The molecule has 0 aliphatic rings. The predicted octanol–water partition coefficient (Wildman–Crippen LogP) is 2.73. The fraction of sp³-hybridized carbons (Fsp3) is 0.211. The fourth-order valence-corrected chi connectivity index (χ4v) is 2.68. The van der Waals surface area contributed by atoms with E-state index in [0.717, 1.165) is 10.0 Å². The second-order valence-corrected chi connectivity index (χ2v) is 6.41. The number of methoxy groups -OCH3 is 2. The van der Waals surface area contributed by atoms with Crippen LogP contribution in [0.25, 0.3) is 0 Å². The number of rotatable bonds is 7. The van der Waals surface area contributed by atoms with Crippen molar-refractivity contribution in [2.45, 2.75) is 13.0 Å². The third-order valence-corrected chi connectivity index (χ3v) is 4.28. The molecule has 2 rings (SSSR count). The van der Waals surface area contributed by atoms with Gasteiger partial charge in [0.05, 0.1) is 24.9 Å². The predicted molar refractivity (Wildman–Crippen MR) is 106 cm³/mol. The van der Waals surface area contributed by atoms with Gasteiger partial charge in [-0.3, -0.25) is 9.59 Å². The second-order valence-electron chi connectivity index (χ2n) is 5.55. The van der Waals surface area contributed by atoms with E-state index in [-0.39, 0.29) is 5.91 Å². The Morgan fingerprint density at radius 1 is 1.11 bits per heavy atom. The van der Waals surface area contributed by atoms with Gasteiger partial charge < -0.3 is 14.8 Å². The van der Waals surface area contributed by atoms with E-state index in [0.29, 0.717) is 17.1 Å². The van der Waals surface area contributed by atoms with Crippen LogP contribution in [-0.4, -0.2) is 38.3 Å². The van der Waals surface area contributed by atoms with Gasteiger partial charge in [0, 0.05) is 5.56 Å². The van der Waals surface area contributed by atoms with E-state index in [4.69, 9.17) is 9.47 Å². The molecule has 0 aliphatic heterocycles. The maximum absolute atomic E-state index is 12.2. The second kappa shape index (κ2) is 9.72. The summed E-state index contributed by atoms with van der Waals surface area (Å²) in [6, 6.07) is 11.2. The Kier molecular flexibility index (Phi) is 7.36. The van der Waals surface area contributed by atoms with Crippen LogP contribution in [0.5, 0.6) is 11.5 Å². The quantitative estimate of drug-likeness (QED) is 0.518. The molecule has 8 heteroatoms. The molecular weight excluding hydrogens is 414 g/mol. The van der Waals surface area contributed by atoms with E-state index in [2.05, 4.69) is 31.8 Å². The normalized spacial score (nSPS) is 11.7. The SMILES string of the molecule is COc1ccc(C(=O)NC(C)C(=O)NN=Cc2ccc(OC)c(Br)c2)cc1. The number of nitrogens with zero attached hydrogens (tertiary/aromatic N) is 1. The first kappa shape index (κ1) is 20.4. The van der Waals surface area contributed by atoms with E-state index in [1.165, 1.54) is 6.21 Å². The molecule has 0 aromatic heterocycles. The summed E-state index contributed by atoms with van der Waals surface area (Å²) in [7, 11) is 3.13. The Labute approximate surface area is 165 Å². The van der Waals surface area contributed by atoms with Crippen LogP contribution in [0.15, 0.2) is 52.0 Å². The monoisotopic (exact) mass is 433 g/mol. The van der Waals surface area contributed by atoms with Crippen LogP contribution >= 0.6 is 15.9 Å². The number of hydrogen-bond donors (Lipinski definition) is 2. The Hall–Kier alpha value is -2.87. The summed E-state index contributed by atoms with van der Waals surface area (Å²) in [6.07, 6.45) is 1.50. The number of carbonyl (C=O) groups is 2. The lowest BCUT2D eigenvalue weighted by Crippen LogP contribution is -2.43. The van der Waals surface area contributed by atoms with Crippen LogP contribution in [0.3, 0.4) is 0 Å². The highest BCUT2D eigenvalue weighted by Crippen LogP contribution is 2.24. The maximum atomic E-state index is 12.2. The summed E-state index contributed by atoms with van der Waals surface area (Å²) in [6.45, 7) is 1.58. The highest BCUT2D eigenvalue weighted by molar-refractivity contribution is 9.10. The topological polar surface area (TPSA) is 89.0 Å². The summed E-state index contributed by atoms with van der Waals surface area (Å²) >= 11 is 3.38. The lowest BCUT2D eigenvalue weighted by atomic mass is 10.2. The van der Waals surface area contributed by atoms with Crippen molar-refractivity contribution in [2.75, 3.05) is 14.2 Å². The summed E-state index contributed by atoms with van der Waals surface area (Å²) in [5, 5.41) is 6.52. The van der Waals surface area contributed by atoms with Crippen molar-refractivity contribution in [1.82, 2.24) is 10.7 Å². The number of carbonyl (C=O) groups excluding carboxylic acids is 2. The molecule has 1 atom stereocenters. The van der Waals surface area contributed by atoms with Crippen LogP contribution in [0.2, 0.25) is 0 Å². The Morgan fingerprint density at radius 3 is 2.41 bits per heavy atom. The van der Waals surface area contributed by atoms with Gasteiger partial charge in [-0.15, -0.1) is 0 Å². The average molecular weight is 434 g/mol. The lowest BCUT2D eigenvalue weighted by Gasteiger charge is -2.12. The Bertz CT molecular complexity index is 837. The van der Waals surface area contributed by atoms with Crippen molar-refractivity contribution in [3.8, 4) is 11.5 Å². The van der Waals surface area contributed by atoms with E-state index in [9.17, 15) is 9.59 Å². The minimum atomic E-state index is -0.751. The number of ether oxygens (including phenoxy) is 2. The number of hydrogen-bond acceptors (Lipinski definition) is 5. The largest absolute Gasteiger partial charge is 0.497 e. The first-order valence-electron chi connectivity index (χ1n) is 8.06. The minimum absolute atomic E-state index is 0.358. The molecule has 0 saturated carbocycles. The molecule has 2 N–H and O–H groups in total. The zero-order valence-electron chi connectivity index (χ0n) is 15.2. The van der Waals surface area contributed by atoms with Gasteiger partial charge in [0.15, 0.2) is 0 Å². The first-order chi connectivity index (χ1) is 12.9. The molecule has 0 spiro atoms. The highest BCUT2D eigenvalue weighted by Gasteiger charge is 2.16. The summed E-state index contributed by atoms with van der Waals surface area (Å²) in [5.74, 6) is 0.562. The van der Waals surface area contributed by atoms with Crippen molar-refractivity contribution in [2.24, 2.45) is 5.10 Å². The number of nitrogens with one attached hydrogen (secondary N) is 2. The van der Waals surface area contributed by atoms with Crippen molar-refractivity contribution < 1.29 is 19.1 Å². The smallest absolute Gasteiger partial charge is 0.262 e.